The summed E-state index contributed by atoms with van der Waals surface area (Å²) in [6.07, 6.45) is -0.181. The van der Waals surface area contributed by atoms with Gasteiger partial charge in [0.1, 0.15) is 12.4 Å². The molecule has 0 spiro atoms. The third-order valence-electron chi connectivity index (χ3n) is 6.52. The fourth-order valence-electron chi connectivity index (χ4n) is 4.47. The number of alkyl halides is 3. The van der Waals surface area contributed by atoms with Crippen LogP contribution in [0.3, 0.4) is 0 Å². The molecular weight excluding hydrogens is 537 g/mol. The van der Waals surface area contributed by atoms with E-state index in [0.29, 0.717) is 40.3 Å². The molecule has 2 aliphatic rings. The lowest BCUT2D eigenvalue weighted by atomic mass is 9.99. The summed E-state index contributed by atoms with van der Waals surface area (Å²) in [7, 11) is 0. The second kappa shape index (κ2) is 11.7. The standard InChI is InChI=1S/C31H25F3N2O5/c32-31(33,34)21-14-12-20(13-15-21)22(27-18-40-29(41-27)16-19-6-2-1-3-7-19)8-4-11-28(38)35-24-9-5-10-25-23(24)17-26(37)30(39)36-25/h1-15,18,26,29,37H,16-17H2,(H,35,38)(H,36,39)/b11-4+,22-8+. The van der Waals surface area contributed by atoms with Crippen molar-refractivity contribution in [2.45, 2.75) is 31.4 Å². The molecule has 3 aromatic carbocycles. The lowest BCUT2D eigenvalue weighted by Crippen LogP contribution is -2.34. The number of hydrogen-bond acceptors (Lipinski definition) is 5. The SMILES string of the molecule is O=C(/C=C/C=C(/C1=COC(Cc2ccccc2)O1)c1ccc(C(F)(F)F)cc1)Nc1cccc2c1CC(O)C(=O)N2. The number of hydrogen-bond donors (Lipinski definition) is 3. The first-order valence-corrected chi connectivity index (χ1v) is 12.7. The van der Waals surface area contributed by atoms with Crippen LogP contribution in [0.4, 0.5) is 24.5 Å². The maximum atomic E-state index is 13.1. The maximum Gasteiger partial charge on any atom is 0.416 e. The summed E-state index contributed by atoms with van der Waals surface area (Å²) in [5, 5.41) is 15.3. The average molecular weight is 563 g/mol. The van der Waals surface area contributed by atoms with Crippen molar-refractivity contribution in [1.29, 1.82) is 0 Å². The number of anilines is 2. The van der Waals surface area contributed by atoms with E-state index in [1.165, 1.54) is 30.5 Å². The smallest absolute Gasteiger partial charge is 0.416 e. The molecule has 0 aliphatic carbocycles. The van der Waals surface area contributed by atoms with Crippen LogP contribution in [0.15, 0.2) is 103 Å². The number of halogens is 3. The second-order valence-electron chi connectivity index (χ2n) is 9.40. The highest BCUT2D eigenvalue weighted by Gasteiger charge is 2.31. The predicted molar refractivity (Wildman–Crippen MR) is 146 cm³/mol. The highest BCUT2D eigenvalue weighted by Crippen LogP contribution is 2.34. The number of benzene rings is 3. The zero-order valence-corrected chi connectivity index (χ0v) is 21.5. The normalized spacial score (nSPS) is 18.7. The molecule has 0 aromatic heterocycles. The Balaban J connectivity index is 1.35. The average Bonchev–Trinajstić information content (AvgIpc) is 3.40. The number of rotatable bonds is 7. The summed E-state index contributed by atoms with van der Waals surface area (Å²) in [4.78, 5) is 24.5. The summed E-state index contributed by atoms with van der Waals surface area (Å²) in [5.41, 5.74) is 2.57. The van der Waals surface area contributed by atoms with Crippen LogP contribution in [-0.4, -0.2) is 29.3 Å². The van der Waals surface area contributed by atoms with Gasteiger partial charge in [-0.15, -0.1) is 0 Å². The number of aliphatic hydroxyl groups excluding tert-OH is 1. The minimum Gasteiger partial charge on any atom is -0.458 e. The minimum absolute atomic E-state index is 0.0505. The zero-order valence-electron chi connectivity index (χ0n) is 21.5. The number of nitrogens with one attached hydrogen (secondary N) is 2. The van der Waals surface area contributed by atoms with Crippen LogP contribution in [0.2, 0.25) is 0 Å². The van der Waals surface area contributed by atoms with Crippen molar-refractivity contribution in [3.63, 3.8) is 0 Å². The summed E-state index contributed by atoms with van der Waals surface area (Å²) >= 11 is 0. The molecule has 3 N–H and O–H groups in total. The van der Waals surface area contributed by atoms with E-state index in [1.807, 2.05) is 30.3 Å². The Morgan fingerprint density at radius 2 is 1.80 bits per heavy atom. The molecule has 10 heteroatoms. The maximum absolute atomic E-state index is 13.1. The van der Waals surface area contributed by atoms with Gasteiger partial charge in [-0.05, 0) is 35.4 Å². The van der Waals surface area contributed by atoms with Crippen molar-refractivity contribution in [1.82, 2.24) is 0 Å². The molecule has 41 heavy (non-hydrogen) atoms. The van der Waals surface area contributed by atoms with E-state index in [-0.39, 0.29) is 6.42 Å². The summed E-state index contributed by atoms with van der Waals surface area (Å²) < 4.78 is 51.0. The third-order valence-corrected chi connectivity index (χ3v) is 6.52. The minimum atomic E-state index is -4.48. The molecule has 0 saturated heterocycles. The number of amides is 2. The van der Waals surface area contributed by atoms with Crippen molar-refractivity contribution in [3.05, 3.63) is 125 Å². The Morgan fingerprint density at radius 1 is 1.05 bits per heavy atom. The highest BCUT2D eigenvalue weighted by atomic mass is 19.4. The van der Waals surface area contributed by atoms with Gasteiger partial charge in [0.2, 0.25) is 12.2 Å². The van der Waals surface area contributed by atoms with Crippen LogP contribution < -0.4 is 10.6 Å². The van der Waals surface area contributed by atoms with Crippen LogP contribution in [-0.2, 0) is 38.1 Å². The molecule has 0 fully saturated rings. The van der Waals surface area contributed by atoms with E-state index >= 15 is 0 Å². The Morgan fingerprint density at radius 3 is 2.54 bits per heavy atom. The number of allylic oxidation sites excluding steroid dienone is 3. The molecule has 0 bridgehead atoms. The van der Waals surface area contributed by atoms with Crippen molar-refractivity contribution >= 4 is 28.8 Å². The Labute approximate surface area is 233 Å². The lowest BCUT2D eigenvalue weighted by Gasteiger charge is -2.23. The van der Waals surface area contributed by atoms with Crippen molar-refractivity contribution in [2.75, 3.05) is 10.6 Å². The molecule has 5 rings (SSSR count). The lowest BCUT2D eigenvalue weighted by molar-refractivity contribution is -0.137. The Bertz CT molecular complexity index is 1530. The topological polar surface area (TPSA) is 96.9 Å². The van der Waals surface area contributed by atoms with Gasteiger partial charge in [0.05, 0.1) is 5.56 Å². The first kappa shape index (κ1) is 27.7. The van der Waals surface area contributed by atoms with Crippen molar-refractivity contribution < 1.29 is 37.3 Å². The zero-order chi connectivity index (χ0) is 29.0. The van der Waals surface area contributed by atoms with Crippen LogP contribution in [0.5, 0.6) is 0 Å². The van der Waals surface area contributed by atoms with Crippen LogP contribution >= 0.6 is 0 Å². The van der Waals surface area contributed by atoms with Gasteiger partial charge in [-0.2, -0.15) is 13.2 Å². The van der Waals surface area contributed by atoms with E-state index in [9.17, 15) is 27.9 Å². The molecule has 210 valence electrons. The Hall–Kier alpha value is -4.83. The number of carbonyl (C=O) groups excluding carboxylic acids is 2. The summed E-state index contributed by atoms with van der Waals surface area (Å²) in [6, 6.07) is 19.1. The van der Waals surface area contributed by atoms with Gasteiger partial charge in [-0.25, -0.2) is 0 Å². The van der Waals surface area contributed by atoms with E-state index in [2.05, 4.69) is 10.6 Å². The number of fused-ring (bicyclic) bond motifs is 1. The van der Waals surface area contributed by atoms with Crippen LogP contribution in [0.25, 0.3) is 5.57 Å². The summed E-state index contributed by atoms with van der Waals surface area (Å²) in [6.45, 7) is 0. The van der Waals surface area contributed by atoms with E-state index < -0.39 is 35.9 Å². The first-order chi connectivity index (χ1) is 19.7. The molecular formula is C31H25F3N2O5. The van der Waals surface area contributed by atoms with E-state index in [1.54, 1.807) is 24.3 Å². The molecule has 2 heterocycles. The molecule has 0 saturated carbocycles. The fraction of sp³-hybridized carbons (Fsp3) is 0.161. The van der Waals surface area contributed by atoms with E-state index in [4.69, 9.17) is 9.47 Å². The van der Waals surface area contributed by atoms with Gasteiger partial charge in [0.25, 0.3) is 5.91 Å². The van der Waals surface area contributed by atoms with Gasteiger partial charge in [-0.1, -0.05) is 60.7 Å². The Kier molecular flexibility index (Phi) is 7.93. The molecule has 3 aromatic rings. The van der Waals surface area contributed by atoms with Crippen LogP contribution in [0, 0.1) is 0 Å². The molecule has 0 radical (unpaired) electrons. The van der Waals surface area contributed by atoms with Crippen molar-refractivity contribution in [2.24, 2.45) is 0 Å². The first-order valence-electron chi connectivity index (χ1n) is 12.7. The highest BCUT2D eigenvalue weighted by molar-refractivity contribution is 6.03. The molecule has 2 aliphatic heterocycles. The van der Waals surface area contributed by atoms with E-state index in [0.717, 1.165) is 17.7 Å². The molecule has 7 nitrogen and oxygen atoms in total. The van der Waals surface area contributed by atoms with Gasteiger partial charge < -0.3 is 25.2 Å². The van der Waals surface area contributed by atoms with Gasteiger partial charge in [0, 0.05) is 41.4 Å². The summed E-state index contributed by atoms with van der Waals surface area (Å²) in [5.74, 6) is -0.704. The molecule has 2 atom stereocenters. The van der Waals surface area contributed by atoms with Gasteiger partial charge >= 0.3 is 6.18 Å². The fourth-order valence-corrected chi connectivity index (χ4v) is 4.47. The predicted octanol–water partition coefficient (Wildman–Crippen LogP) is 5.60. The van der Waals surface area contributed by atoms with Crippen LogP contribution in [0.1, 0.15) is 22.3 Å². The third kappa shape index (κ3) is 6.67. The number of aliphatic hydroxyl groups is 1. The number of ether oxygens (including phenoxy) is 2. The number of carbonyl (C=O) groups is 2. The second-order valence-corrected chi connectivity index (χ2v) is 9.40. The van der Waals surface area contributed by atoms with Gasteiger partial charge in [0.15, 0.2) is 5.76 Å². The monoisotopic (exact) mass is 562 g/mol. The van der Waals surface area contributed by atoms with Crippen molar-refractivity contribution in [3.8, 4) is 0 Å². The molecule has 2 amide bonds. The quantitative estimate of drug-likeness (QED) is 0.258. The molecule has 2 unspecified atom stereocenters. The largest absolute Gasteiger partial charge is 0.458 e. The van der Waals surface area contributed by atoms with Gasteiger partial charge in [-0.3, -0.25) is 9.59 Å².